The summed E-state index contributed by atoms with van der Waals surface area (Å²) in [7, 11) is 0. The second kappa shape index (κ2) is 5.18. The molecule has 1 unspecified atom stereocenters. The Hall–Kier alpha value is -1.88. The first-order valence-corrected chi connectivity index (χ1v) is 5.84. The van der Waals surface area contributed by atoms with Gasteiger partial charge in [0.05, 0.1) is 5.56 Å². The summed E-state index contributed by atoms with van der Waals surface area (Å²) in [6.07, 6.45) is 1.25. The number of aromatic carboxylic acids is 1. The Labute approximate surface area is 105 Å². The van der Waals surface area contributed by atoms with Crippen molar-refractivity contribution in [1.82, 2.24) is 0 Å². The molecule has 0 bridgehead atoms. The van der Waals surface area contributed by atoms with Crippen LogP contribution in [0.25, 0.3) is 0 Å². The lowest BCUT2D eigenvalue weighted by molar-refractivity contribution is -0.124. The molecule has 1 atom stereocenters. The molecule has 1 amide bonds. The Morgan fingerprint density at radius 1 is 1.44 bits per heavy atom. The highest BCUT2D eigenvalue weighted by Gasteiger charge is 2.23. The number of rotatable bonds is 3. The summed E-state index contributed by atoms with van der Waals surface area (Å²) in [5.74, 6) is -1.14. The number of carbonyl (C=O) groups is 2. The number of benzene rings is 1. The van der Waals surface area contributed by atoms with Crippen LogP contribution in [0.5, 0.6) is 0 Å². The molecule has 0 aromatic heterocycles. The van der Waals surface area contributed by atoms with Gasteiger partial charge in [-0.3, -0.25) is 4.79 Å². The molecule has 0 aliphatic carbocycles. The number of hydrogen-bond donors (Lipinski definition) is 2. The summed E-state index contributed by atoms with van der Waals surface area (Å²) in [6.45, 7) is 2.32. The third-order valence-electron chi connectivity index (χ3n) is 2.95. The molecule has 0 spiro atoms. The van der Waals surface area contributed by atoms with Crippen molar-refractivity contribution in [3.63, 3.8) is 0 Å². The van der Waals surface area contributed by atoms with Gasteiger partial charge in [0.25, 0.3) is 5.91 Å². The van der Waals surface area contributed by atoms with E-state index in [2.05, 4.69) is 5.32 Å². The minimum atomic E-state index is -0.968. The number of ether oxygens (including phenoxy) is 1. The average molecular weight is 249 g/mol. The van der Waals surface area contributed by atoms with Crippen molar-refractivity contribution in [2.24, 2.45) is 0 Å². The second-order valence-electron chi connectivity index (χ2n) is 4.33. The average Bonchev–Trinajstić information content (AvgIpc) is 2.81. The van der Waals surface area contributed by atoms with Gasteiger partial charge in [-0.1, -0.05) is 0 Å². The fourth-order valence-corrected chi connectivity index (χ4v) is 1.99. The number of carboxylic acid groups (broad SMARTS) is 1. The van der Waals surface area contributed by atoms with Gasteiger partial charge in [0.2, 0.25) is 0 Å². The van der Waals surface area contributed by atoms with Crippen LogP contribution in [0.4, 0.5) is 5.69 Å². The van der Waals surface area contributed by atoms with E-state index < -0.39 is 5.97 Å². The van der Waals surface area contributed by atoms with Crippen LogP contribution in [0, 0.1) is 6.92 Å². The minimum Gasteiger partial charge on any atom is -0.478 e. The van der Waals surface area contributed by atoms with E-state index in [4.69, 9.17) is 9.84 Å². The molecule has 18 heavy (non-hydrogen) atoms. The second-order valence-corrected chi connectivity index (χ2v) is 4.33. The number of amides is 1. The molecule has 1 saturated heterocycles. The van der Waals surface area contributed by atoms with Crippen LogP contribution in [0.3, 0.4) is 0 Å². The van der Waals surface area contributed by atoms with Crippen molar-refractivity contribution in [2.75, 3.05) is 11.9 Å². The molecule has 1 aliphatic rings. The Bertz CT molecular complexity index is 478. The van der Waals surface area contributed by atoms with E-state index >= 15 is 0 Å². The van der Waals surface area contributed by atoms with E-state index in [0.717, 1.165) is 12.8 Å². The maximum atomic E-state index is 11.8. The molecule has 1 aromatic rings. The van der Waals surface area contributed by atoms with Crippen molar-refractivity contribution in [3.8, 4) is 0 Å². The molecule has 5 nitrogen and oxygen atoms in total. The fourth-order valence-electron chi connectivity index (χ4n) is 1.99. The highest BCUT2D eigenvalue weighted by molar-refractivity contribution is 5.95. The van der Waals surface area contributed by atoms with Gasteiger partial charge in [0, 0.05) is 12.3 Å². The lowest BCUT2D eigenvalue weighted by atomic mass is 10.1. The first-order valence-electron chi connectivity index (χ1n) is 5.84. The summed E-state index contributed by atoms with van der Waals surface area (Å²) in [6, 6.07) is 4.72. The van der Waals surface area contributed by atoms with Crippen LogP contribution >= 0.6 is 0 Å². The van der Waals surface area contributed by atoms with E-state index in [0.29, 0.717) is 17.9 Å². The van der Waals surface area contributed by atoms with Gasteiger partial charge >= 0.3 is 5.97 Å². The Kier molecular flexibility index (Phi) is 3.62. The highest BCUT2D eigenvalue weighted by Crippen LogP contribution is 2.18. The first-order chi connectivity index (χ1) is 8.58. The zero-order valence-electron chi connectivity index (χ0n) is 10.1. The van der Waals surface area contributed by atoms with Gasteiger partial charge in [-0.15, -0.1) is 0 Å². The van der Waals surface area contributed by atoms with Gasteiger partial charge in [-0.05, 0) is 43.5 Å². The minimum absolute atomic E-state index is 0.171. The zero-order valence-corrected chi connectivity index (χ0v) is 10.1. The van der Waals surface area contributed by atoms with Crippen LogP contribution in [-0.4, -0.2) is 29.7 Å². The summed E-state index contributed by atoms with van der Waals surface area (Å²) in [4.78, 5) is 22.6. The van der Waals surface area contributed by atoms with Crippen LogP contribution in [0.15, 0.2) is 18.2 Å². The largest absolute Gasteiger partial charge is 0.478 e. The quantitative estimate of drug-likeness (QED) is 0.856. The topological polar surface area (TPSA) is 75.6 Å². The van der Waals surface area contributed by atoms with Crippen LogP contribution in [0.2, 0.25) is 0 Å². The molecule has 1 aromatic carbocycles. The Morgan fingerprint density at radius 3 is 2.78 bits per heavy atom. The fraction of sp³-hybridized carbons (Fsp3) is 0.385. The van der Waals surface area contributed by atoms with Crippen molar-refractivity contribution in [1.29, 1.82) is 0 Å². The number of aryl methyl sites for hydroxylation is 1. The first kappa shape index (κ1) is 12.6. The molecule has 0 radical (unpaired) electrons. The Morgan fingerprint density at radius 2 is 2.22 bits per heavy atom. The van der Waals surface area contributed by atoms with E-state index in [1.165, 1.54) is 6.07 Å². The van der Waals surface area contributed by atoms with Crippen LogP contribution in [-0.2, 0) is 9.53 Å². The van der Waals surface area contributed by atoms with Gasteiger partial charge in [0.1, 0.15) is 6.10 Å². The molecule has 1 fully saturated rings. The van der Waals surface area contributed by atoms with Gasteiger partial charge in [-0.2, -0.15) is 0 Å². The number of hydrogen-bond acceptors (Lipinski definition) is 3. The molecule has 1 heterocycles. The van der Waals surface area contributed by atoms with E-state index in [1.807, 2.05) is 0 Å². The maximum absolute atomic E-state index is 11.8. The normalized spacial score (nSPS) is 18.6. The number of nitrogens with one attached hydrogen (secondary N) is 1. The van der Waals surface area contributed by atoms with Crippen molar-refractivity contribution in [2.45, 2.75) is 25.9 Å². The Balaban J connectivity index is 2.07. The summed E-state index contributed by atoms with van der Waals surface area (Å²) < 4.78 is 5.27. The van der Waals surface area contributed by atoms with Gasteiger partial charge in [0.15, 0.2) is 0 Å². The molecule has 5 heteroatoms. The lowest BCUT2D eigenvalue weighted by Gasteiger charge is -2.11. The van der Waals surface area contributed by atoms with E-state index in [9.17, 15) is 9.59 Å². The smallest absolute Gasteiger partial charge is 0.335 e. The standard InChI is InChI=1S/C13H15NO4/c1-8-7-9(4-5-10(8)13(16)17)14-12(15)11-3-2-6-18-11/h4-5,7,11H,2-3,6H2,1H3,(H,14,15)(H,16,17). The molecule has 1 aliphatic heterocycles. The predicted molar refractivity (Wildman–Crippen MR) is 65.7 cm³/mol. The summed E-state index contributed by atoms with van der Waals surface area (Å²) in [5, 5.41) is 11.6. The van der Waals surface area contributed by atoms with Crippen LogP contribution < -0.4 is 5.32 Å². The maximum Gasteiger partial charge on any atom is 0.335 e. The van der Waals surface area contributed by atoms with Gasteiger partial charge in [-0.25, -0.2) is 4.79 Å². The van der Waals surface area contributed by atoms with Crippen molar-refractivity contribution < 1.29 is 19.4 Å². The zero-order chi connectivity index (χ0) is 13.1. The summed E-state index contributed by atoms with van der Waals surface area (Å²) >= 11 is 0. The molecular formula is C13H15NO4. The third kappa shape index (κ3) is 2.68. The molecule has 2 rings (SSSR count). The van der Waals surface area contributed by atoms with Crippen molar-refractivity contribution >= 4 is 17.6 Å². The SMILES string of the molecule is Cc1cc(NC(=O)C2CCCO2)ccc1C(=O)O. The van der Waals surface area contributed by atoms with E-state index in [1.54, 1.807) is 19.1 Å². The number of carbonyl (C=O) groups excluding carboxylic acids is 1. The number of carboxylic acids is 1. The van der Waals surface area contributed by atoms with Crippen LogP contribution in [0.1, 0.15) is 28.8 Å². The number of anilines is 1. The highest BCUT2D eigenvalue weighted by atomic mass is 16.5. The molecule has 2 N–H and O–H groups in total. The third-order valence-corrected chi connectivity index (χ3v) is 2.95. The molecule has 96 valence electrons. The van der Waals surface area contributed by atoms with Crippen molar-refractivity contribution in [3.05, 3.63) is 29.3 Å². The lowest BCUT2D eigenvalue weighted by Crippen LogP contribution is -2.26. The monoisotopic (exact) mass is 249 g/mol. The van der Waals surface area contributed by atoms with Gasteiger partial charge < -0.3 is 15.2 Å². The van der Waals surface area contributed by atoms with E-state index in [-0.39, 0.29) is 17.6 Å². The summed E-state index contributed by atoms with van der Waals surface area (Å²) in [5.41, 5.74) is 1.45. The molecular weight excluding hydrogens is 234 g/mol. The molecule has 0 saturated carbocycles. The predicted octanol–water partition coefficient (Wildman–Crippen LogP) is 1.81.